The van der Waals surface area contributed by atoms with Crippen molar-refractivity contribution in [1.29, 1.82) is 0 Å². The monoisotopic (exact) mass is 251 g/mol. The van der Waals surface area contributed by atoms with Gasteiger partial charge in [-0.3, -0.25) is 0 Å². The van der Waals surface area contributed by atoms with Gasteiger partial charge in [0.1, 0.15) is 12.7 Å². The highest BCUT2D eigenvalue weighted by molar-refractivity contribution is 5.40. The molecule has 1 unspecified atom stereocenters. The molecule has 0 radical (unpaired) electrons. The number of hydrogen-bond acceptors (Lipinski definition) is 4. The third kappa shape index (κ3) is 3.89. The van der Waals surface area contributed by atoms with Gasteiger partial charge in [0.25, 0.3) is 0 Å². The summed E-state index contributed by atoms with van der Waals surface area (Å²) in [6.45, 7) is 2.64. The summed E-state index contributed by atoms with van der Waals surface area (Å²) in [5, 5.41) is 12.0. The summed E-state index contributed by atoms with van der Waals surface area (Å²) in [4.78, 5) is 0. The Hall–Kier alpha value is -1.26. The maximum absolute atomic E-state index is 8.66. The van der Waals surface area contributed by atoms with Crippen molar-refractivity contribution in [2.45, 2.75) is 25.4 Å². The van der Waals surface area contributed by atoms with E-state index in [2.05, 4.69) is 5.32 Å². The third-order valence-corrected chi connectivity index (χ3v) is 2.95. The maximum atomic E-state index is 8.66. The highest BCUT2D eigenvalue weighted by Crippen LogP contribution is 2.30. The second-order valence-corrected chi connectivity index (χ2v) is 4.49. The molecule has 1 atom stereocenters. The summed E-state index contributed by atoms with van der Waals surface area (Å²) in [6.07, 6.45) is 3.12. The molecule has 1 aliphatic rings. The van der Waals surface area contributed by atoms with Gasteiger partial charge < -0.3 is 19.9 Å². The number of nitrogens with one attached hydrogen (secondary N) is 1. The molecule has 2 rings (SSSR count). The number of rotatable bonds is 7. The molecule has 0 aliphatic carbocycles. The van der Waals surface area contributed by atoms with E-state index in [0.29, 0.717) is 6.61 Å². The predicted octanol–water partition coefficient (Wildman–Crippen LogP) is 1.58. The largest absolute Gasteiger partial charge is 0.486 e. The molecule has 0 saturated carbocycles. The lowest BCUT2D eigenvalue weighted by molar-refractivity contribution is 0.0904. The maximum Gasteiger partial charge on any atom is 0.161 e. The van der Waals surface area contributed by atoms with Crippen molar-refractivity contribution in [3.63, 3.8) is 0 Å². The highest BCUT2D eigenvalue weighted by Gasteiger charge is 2.19. The lowest BCUT2D eigenvalue weighted by atomic mass is 10.2. The van der Waals surface area contributed by atoms with E-state index in [1.165, 1.54) is 0 Å². The molecule has 0 spiro atoms. The van der Waals surface area contributed by atoms with Gasteiger partial charge in [0.2, 0.25) is 0 Å². The fraction of sp³-hybridized carbons (Fsp3) is 0.571. The Morgan fingerprint density at radius 2 is 2.00 bits per heavy atom. The van der Waals surface area contributed by atoms with Crippen LogP contribution in [-0.4, -0.2) is 37.5 Å². The molecule has 18 heavy (non-hydrogen) atoms. The van der Waals surface area contributed by atoms with E-state index in [9.17, 15) is 0 Å². The molecule has 1 heterocycles. The molecule has 0 aromatic heterocycles. The van der Waals surface area contributed by atoms with Crippen molar-refractivity contribution in [2.24, 2.45) is 0 Å². The van der Waals surface area contributed by atoms with Crippen molar-refractivity contribution >= 4 is 0 Å². The van der Waals surface area contributed by atoms with Crippen LogP contribution in [0.2, 0.25) is 0 Å². The molecule has 1 aliphatic heterocycles. The zero-order valence-corrected chi connectivity index (χ0v) is 10.6. The van der Waals surface area contributed by atoms with Gasteiger partial charge in [0.15, 0.2) is 11.5 Å². The van der Waals surface area contributed by atoms with E-state index in [1.54, 1.807) is 0 Å². The standard InChI is InChI=1S/C14H21NO3/c16-9-5-1-4-8-15-10-12-11-17-13-6-2-3-7-14(13)18-12/h2-3,6-7,12,15-16H,1,4-5,8-11H2. The first-order valence-corrected chi connectivity index (χ1v) is 6.60. The molecule has 4 nitrogen and oxygen atoms in total. The molecule has 0 fully saturated rings. The van der Waals surface area contributed by atoms with Gasteiger partial charge in [-0.05, 0) is 37.9 Å². The molecule has 1 aromatic rings. The molecule has 4 heteroatoms. The van der Waals surface area contributed by atoms with Crippen molar-refractivity contribution in [2.75, 3.05) is 26.3 Å². The van der Waals surface area contributed by atoms with E-state index in [4.69, 9.17) is 14.6 Å². The molecule has 0 saturated heterocycles. The minimum absolute atomic E-state index is 0.0812. The van der Waals surface area contributed by atoms with E-state index in [1.807, 2.05) is 24.3 Å². The van der Waals surface area contributed by atoms with E-state index >= 15 is 0 Å². The van der Waals surface area contributed by atoms with Crippen LogP contribution in [0.3, 0.4) is 0 Å². The van der Waals surface area contributed by atoms with E-state index in [0.717, 1.165) is 43.9 Å². The number of aliphatic hydroxyl groups is 1. The van der Waals surface area contributed by atoms with Gasteiger partial charge in [-0.15, -0.1) is 0 Å². The second-order valence-electron chi connectivity index (χ2n) is 4.49. The smallest absolute Gasteiger partial charge is 0.161 e. The first kappa shape index (κ1) is 13.2. The molecular weight excluding hydrogens is 230 g/mol. The van der Waals surface area contributed by atoms with Gasteiger partial charge >= 0.3 is 0 Å². The number of ether oxygens (including phenoxy) is 2. The molecule has 0 bridgehead atoms. The van der Waals surface area contributed by atoms with Crippen LogP contribution in [0.15, 0.2) is 24.3 Å². The number of para-hydroxylation sites is 2. The summed E-state index contributed by atoms with van der Waals surface area (Å²) < 4.78 is 11.5. The Morgan fingerprint density at radius 1 is 1.17 bits per heavy atom. The van der Waals surface area contributed by atoms with Gasteiger partial charge in [-0.1, -0.05) is 12.1 Å². The van der Waals surface area contributed by atoms with E-state index < -0.39 is 0 Å². The average molecular weight is 251 g/mol. The van der Waals surface area contributed by atoms with Crippen LogP contribution in [0, 0.1) is 0 Å². The Bertz CT molecular complexity index is 357. The zero-order valence-electron chi connectivity index (χ0n) is 10.6. The Balaban J connectivity index is 1.64. The molecule has 100 valence electrons. The third-order valence-electron chi connectivity index (χ3n) is 2.95. The number of unbranched alkanes of at least 4 members (excludes halogenated alkanes) is 2. The van der Waals surface area contributed by atoms with Crippen LogP contribution >= 0.6 is 0 Å². The highest BCUT2D eigenvalue weighted by atomic mass is 16.6. The van der Waals surface area contributed by atoms with Crippen LogP contribution in [0.1, 0.15) is 19.3 Å². The quantitative estimate of drug-likeness (QED) is 0.722. The van der Waals surface area contributed by atoms with Crippen LogP contribution in [0.5, 0.6) is 11.5 Å². The van der Waals surface area contributed by atoms with Crippen molar-refractivity contribution in [3.8, 4) is 11.5 Å². The van der Waals surface area contributed by atoms with Crippen molar-refractivity contribution < 1.29 is 14.6 Å². The van der Waals surface area contributed by atoms with Gasteiger partial charge in [0, 0.05) is 13.2 Å². The van der Waals surface area contributed by atoms with Crippen molar-refractivity contribution in [1.82, 2.24) is 5.32 Å². The molecule has 2 N–H and O–H groups in total. The van der Waals surface area contributed by atoms with Gasteiger partial charge in [-0.25, -0.2) is 0 Å². The Labute approximate surface area is 108 Å². The zero-order chi connectivity index (χ0) is 12.6. The Kier molecular flexibility index (Phi) is 5.30. The summed E-state index contributed by atoms with van der Waals surface area (Å²) in [5.41, 5.74) is 0. The normalized spacial score (nSPS) is 17.7. The predicted molar refractivity (Wildman–Crippen MR) is 70.2 cm³/mol. The first-order chi connectivity index (χ1) is 8.90. The van der Waals surface area contributed by atoms with Crippen molar-refractivity contribution in [3.05, 3.63) is 24.3 Å². The summed E-state index contributed by atoms with van der Waals surface area (Å²) in [5.74, 6) is 1.66. The molecule has 1 aromatic carbocycles. The van der Waals surface area contributed by atoms with Crippen LogP contribution in [0.4, 0.5) is 0 Å². The number of hydrogen-bond donors (Lipinski definition) is 2. The molecule has 0 amide bonds. The number of benzene rings is 1. The van der Waals surface area contributed by atoms with Crippen LogP contribution < -0.4 is 14.8 Å². The number of aliphatic hydroxyl groups excluding tert-OH is 1. The first-order valence-electron chi connectivity index (χ1n) is 6.60. The van der Waals surface area contributed by atoms with Gasteiger partial charge in [0.05, 0.1) is 0 Å². The lowest BCUT2D eigenvalue weighted by Crippen LogP contribution is -2.38. The average Bonchev–Trinajstić information content (AvgIpc) is 2.42. The minimum atomic E-state index is 0.0812. The van der Waals surface area contributed by atoms with Crippen LogP contribution in [0.25, 0.3) is 0 Å². The van der Waals surface area contributed by atoms with Gasteiger partial charge in [-0.2, -0.15) is 0 Å². The molecular formula is C14H21NO3. The number of fused-ring (bicyclic) bond motifs is 1. The fourth-order valence-corrected chi connectivity index (χ4v) is 1.97. The summed E-state index contributed by atoms with van der Waals surface area (Å²) in [7, 11) is 0. The Morgan fingerprint density at radius 3 is 2.83 bits per heavy atom. The summed E-state index contributed by atoms with van der Waals surface area (Å²) in [6, 6.07) is 7.76. The second kappa shape index (κ2) is 7.24. The topological polar surface area (TPSA) is 50.7 Å². The summed E-state index contributed by atoms with van der Waals surface area (Å²) >= 11 is 0. The lowest BCUT2D eigenvalue weighted by Gasteiger charge is -2.26. The minimum Gasteiger partial charge on any atom is -0.486 e. The SMILES string of the molecule is OCCCCCNCC1COc2ccccc2O1. The van der Waals surface area contributed by atoms with E-state index in [-0.39, 0.29) is 12.7 Å². The van der Waals surface area contributed by atoms with Crippen LogP contribution in [-0.2, 0) is 0 Å². The fourth-order valence-electron chi connectivity index (χ4n) is 1.97.